The summed E-state index contributed by atoms with van der Waals surface area (Å²) < 4.78 is 18.2. The van der Waals surface area contributed by atoms with Crippen LogP contribution >= 0.6 is 0 Å². The molecule has 0 aliphatic carbocycles. The van der Waals surface area contributed by atoms with Crippen LogP contribution in [0.5, 0.6) is 5.88 Å². The average molecular weight is 353 g/mol. The minimum atomic E-state index is -0.563. The Labute approximate surface area is 149 Å². The van der Waals surface area contributed by atoms with Crippen LogP contribution in [0.3, 0.4) is 0 Å². The van der Waals surface area contributed by atoms with Crippen molar-refractivity contribution in [1.29, 1.82) is 0 Å². The molecule has 0 radical (unpaired) electrons. The fourth-order valence-electron chi connectivity index (χ4n) is 2.23. The number of nitrogens with one attached hydrogen (secondary N) is 1. The Bertz CT molecular complexity index is 914. The largest absolute Gasteiger partial charge is 0.477 e. The van der Waals surface area contributed by atoms with E-state index in [0.29, 0.717) is 29.4 Å². The van der Waals surface area contributed by atoms with E-state index in [0.717, 1.165) is 5.56 Å². The van der Waals surface area contributed by atoms with Crippen LogP contribution in [0.25, 0.3) is 11.1 Å². The molecular weight excluding hydrogens is 337 g/mol. The van der Waals surface area contributed by atoms with Crippen molar-refractivity contribution in [3.05, 3.63) is 60.6 Å². The quantitative estimate of drug-likeness (QED) is 0.540. The number of pyridine rings is 1. The van der Waals surface area contributed by atoms with Gasteiger partial charge in [-0.25, -0.2) is 15.0 Å². The van der Waals surface area contributed by atoms with Gasteiger partial charge in [0.1, 0.15) is 5.69 Å². The van der Waals surface area contributed by atoms with E-state index in [2.05, 4.69) is 20.3 Å². The third kappa shape index (κ3) is 3.92. The zero-order valence-electron chi connectivity index (χ0n) is 13.9. The highest BCUT2D eigenvalue weighted by atomic mass is 19.1. The van der Waals surface area contributed by atoms with Crippen molar-refractivity contribution in [1.82, 2.24) is 15.0 Å². The SMILES string of the molecule is CCOc1cnc(C(=O)Nc2cc(-c3ccc(F)nc3)ccc2N)cn1. The molecule has 1 aromatic carbocycles. The fourth-order valence-corrected chi connectivity index (χ4v) is 2.23. The lowest BCUT2D eigenvalue weighted by molar-refractivity contribution is 0.102. The van der Waals surface area contributed by atoms with E-state index in [9.17, 15) is 9.18 Å². The van der Waals surface area contributed by atoms with Crippen molar-refractivity contribution in [3.63, 3.8) is 0 Å². The summed E-state index contributed by atoms with van der Waals surface area (Å²) in [6.07, 6.45) is 4.11. The first-order chi connectivity index (χ1) is 12.6. The van der Waals surface area contributed by atoms with Crippen molar-refractivity contribution in [3.8, 4) is 17.0 Å². The van der Waals surface area contributed by atoms with Gasteiger partial charge in [0.25, 0.3) is 5.91 Å². The summed E-state index contributed by atoms with van der Waals surface area (Å²) in [4.78, 5) is 24.0. The maximum atomic E-state index is 13.0. The molecule has 2 aromatic heterocycles. The minimum absolute atomic E-state index is 0.127. The summed E-state index contributed by atoms with van der Waals surface area (Å²) in [5.41, 5.74) is 8.29. The van der Waals surface area contributed by atoms with Crippen molar-refractivity contribution < 1.29 is 13.9 Å². The van der Waals surface area contributed by atoms with Crippen LogP contribution in [0.15, 0.2) is 48.9 Å². The second kappa shape index (κ2) is 7.56. The van der Waals surface area contributed by atoms with Gasteiger partial charge in [-0.1, -0.05) is 6.07 Å². The summed E-state index contributed by atoms with van der Waals surface area (Å²) >= 11 is 0. The third-order valence-corrected chi connectivity index (χ3v) is 3.52. The second-order valence-corrected chi connectivity index (χ2v) is 5.30. The first kappa shape index (κ1) is 17.3. The molecule has 2 heterocycles. The molecule has 0 aliphatic rings. The first-order valence-corrected chi connectivity index (χ1v) is 7.84. The number of hydrogen-bond donors (Lipinski definition) is 2. The van der Waals surface area contributed by atoms with Gasteiger partial charge in [-0.2, -0.15) is 4.39 Å². The Kier molecular flexibility index (Phi) is 5.02. The Morgan fingerprint density at radius 3 is 2.58 bits per heavy atom. The van der Waals surface area contributed by atoms with E-state index in [1.165, 1.54) is 24.7 Å². The zero-order valence-corrected chi connectivity index (χ0v) is 13.9. The van der Waals surface area contributed by atoms with Gasteiger partial charge in [0.15, 0.2) is 0 Å². The number of aromatic nitrogens is 3. The van der Waals surface area contributed by atoms with Gasteiger partial charge >= 0.3 is 0 Å². The maximum Gasteiger partial charge on any atom is 0.275 e. The number of hydrogen-bond acceptors (Lipinski definition) is 6. The molecule has 0 fully saturated rings. The third-order valence-electron chi connectivity index (χ3n) is 3.52. The highest BCUT2D eigenvalue weighted by molar-refractivity contribution is 6.04. The monoisotopic (exact) mass is 353 g/mol. The molecular formula is C18H16FN5O2. The lowest BCUT2D eigenvalue weighted by Gasteiger charge is -2.10. The molecule has 0 saturated heterocycles. The number of carbonyl (C=O) groups is 1. The van der Waals surface area contributed by atoms with Crippen LogP contribution in [-0.2, 0) is 0 Å². The zero-order chi connectivity index (χ0) is 18.5. The first-order valence-electron chi connectivity index (χ1n) is 7.84. The van der Waals surface area contributed by atoms with Gasteiger partial charge < -0.3 is 15.8 Å². The highest BCUT2D eigenvalue weighted by Gasteiger charge is 2.12. The van der Waals surface area contributed by atoms with E-state index in [1.54, 1.807) is 24.3 Å². The lowest BCUT2D eigenvalue weighted by Crippen LogP contribution is -2.15. The summed E-state index contributed by atoms with van der Waals surface area (Å²) in [5, 5.41) is 2.70. The lowest BCUT2D eigenvalue weighted by atomic mass is 10.1. The predicted octanol–water partition coefficient (Wildman–Crippen LogP) is 2.91. The Balaban J connectivity index is 1.81. The van der Waals surface area contributed by atoms with E-state index >= 15 is 0 Å². The molecule has 26 heavy (non-hydrogen) atoms. The summed E-state index contributed by atoms with van der Waals surface area (Å²) in [6.45, 7) is 2.29. The van der Waals surface area contributed by atoms with E-state index in [1.807, 2.05) is 6.92 Å². The standard InChI is InChI=1S/C18H16FN5O2/c1-2-26-17-10-21-15(9-23-17)18(25)24-14-7-11(3-5-13(14)20)12-4-6-16(19)22-8-12/h3-10H,2,20H2,1H3,(H,24,25). The Hall–Kier alpha value is -3.55. The highest BCUT2D eigenvalue weighted by Crippen LogP contribution is 2.27. The van der Waals surface area contributed by atoms with Crippen LogP contribution in [-0.4, -0.2) is 27.5 Å². The smallest absolute Gasteiger partial charge is 0.275 e. The molecule has 0 aliphatic heterocycles. The van der Waals surface area contributed by atoms with Gasteiger partial charge in [-0.3, -0.25) is 4.79 Å². The Morgan fingerprint density at radius 1 is 1.12 bits per heavy atom. The number of ether oxygens (including phenoxy) is 1. The summed E-state index contributed by atoms with van der Waals surface area (Å²) in [6, 6.07) is 7.95. The van der Waals surface area contributed by atoms with Gasteiger partial charge in [0.2, 0.25) is 11.8 Å². The number of nitrogens with zero attached hydrogens (tertiary/aromatic N) is 3. The van der Waals surface area contributed by atoms with Gasteiger partial charge in [0, 0.05) is 11.8 Å². The van der Waals surface area contributed by atoms with E-state index < -0.39 is 11.9 Å². The molecule has 7 nitrogen and oxygen atoms in total. The van der Waals surface area contributed by atoms with Crippen LogP contribution in [0.4, 0.5) is 15.8 Å². The number of anilines is 2. The maximum absolute atomic E-state index is 13.0. The number of benzene rings is 1. The molecule has 0 unspecified atom stereocenters. The molecule has 1 amide bonds. The minimum Gasteiger partial charge on any atom is -0.477 e. The van der Waals surface area contributed by atoms with Crippen molar-refractivity contribution in [2.45, 2.75) is 6.92 Å². The molecule has 0 spiro atoms. The molecule has 8 heteroatoms. The number of rotatable bonds is 5. The number of nitrogens with two attached hydrogens (primary N) is 1. The van der Waals surface area contributed by atoms with Gasteiger partial charge in [-0.15, -0.1) is 0 Å². The fraction of sp³-hybridized carbons (Fsp3) is 0.111. The number of carbonyl (C=O) groups excluding carboxylic acids is 1. The molecule has 0 atom stereocenters. The van der Waals surface area contributed by atoms with Crippen molar-refractivity contribution >= 4 is 17.3 Å². The number of nitrogen functional groups attached to an aromatic ring is 1. The van der Waals surface area contributed by atoms with E-state index in [-0.39, 0.29) is 5.69 Å². The van der Waals surface area contributed by atoms with Crippen molar-refractivity contribution in [2.24, 2.45) is 0 Å². The summed E-state index contributed by atoms with van der Waals surface area (Å²) in [7, 11) is 0. The summed E-state index contributed by atoms with van der Waals surface area (Å²) in [5.74, 6) is -0.678. The molecule has 0 bridgehead atoms. The number of halogens is 1. The molecule has 3 N–H and O–H groups in total. The van der Waals surface area contributed by atoms with Crippen LogP contribution < -0.4 is 15.8 Å². The number of amides is 1. The van der Waals surface area contributed by atoms with Crippen LogP contribution in [0.1, 0.15) is 17.4 Å². The average Bonchev–Trinajstić information content (AvgIpc) is 2.65. The predicted molar refractivity (Wildman–Crippen MR) is 95.2 cm³/mol. The molecule has 3 aromatic rings. The molecule has 3 rings (SSSR count). The molecule has 0 saturated carbocycles. The van der Waals surface area contributed by atoms with Gasteiger partial charge in [-0.05, 0) is 36.8 Å². The van der Waals surface area contributed by atoms with Crippen molar-refractivity contribution in [2.75, 3.05) is 17.7 Å². The van der Waals surface area contributed by atoms with Crippen LogP contribution in [0, 0.1) is 5.95 Å². The van der Waals surface area contributed by atoms with Crippen LogP contribution in [0.2, 0.25) is 0 Å². The van der Waals surface area contributed by atoms with Gasteiger partial charge in [0.05, 0.1) is 30.4 Å². The topological polar surface area (TPSA) is 103 Å². The second-order valence-electron chi connectivity index (χ2n) is 5.30. The molecule has 132 valence electrons. The normalized spacial score (nSPS) is 10.4. The Morgan fingerprint density at radius 2 is 1.92 bits per heavy atom. The van der Waals surface area contributed by atoms with E-state index in [4.69, 9.17) is 10.5 Å².